The number of urea groups is 1. The third-order valence-electron chi connectivity index (χ3n) is 5.98. The van der Waals surface area contributed by atoms with Gasteiger partial charge in [-0.05, 0) is 61.2 Å². The van der Waals surface area contributed by atoms with Crippen LogP contribution in [0.25, 0.3) is 17.0 Å². The first kappa shape index (κ1) is 23.4. The minimum absolute atomic E-state index is 0.141. The van der Waals surface area contributed by atoms with Gasteiger partial charge in [0, 0.05) is 17.8 Å². The van der Waals surface area contributed by atoms with Crippen molar-refractivity contribution in [3.8, 4) is 22.9 Å². The molecule has 1 atom stereocenters. The zero-order chi connectivity index (χ0) is 24.2. The van der Waals surface area contributed by atoms with E-state index < -0.39 is 6.04 Å². The molecule has 0 saturated heterocycles. The summed E-state index contributed by atoms with van der Waals surface area (Å²) in [5.74, 6) is 2.80. The molecule has 0 bridgehead atoms. The lowest BCUT2D eigenvalue weighted by atomic mass is 9.94. The number of allylic oxidation sites excluding steroid dienone is 1. The average Bonchev–Trinajstić information content (AvgIpc) is 3.33. The highest BCUT2D eigenvalue weighted by atomic mass is 16.5. The molecule has 0 fully saturated rings. The molecule has 1 unspecified atom stereocenters. The van der Waals surface area contributed by atoms with E-state index in [1.165, 1.54) is 0 Å². The van der Waals surface area contributed by atoms with Crippen LogP contribution < -0.4 is 14.8 Å². The normalized spacial score (nSPS) is 16.1. The average molecular weight is 463 g/mol. The van der Waals surface area contributed by atoms with Gasteiger partial charge in [-0.25, -0.2) is 4.79 Å². The first-order valence-electron chi connectivity index (χ1n) is 11.3. The van der Waals surface area contributed by atoms with Gasteiger partial charge in [0.05, 0.1) is 25.8 Å². The maximum atomic E-state index is 13.1. The molecule has 3 aromatic rings. The molecular weight excluding hydrogens is 432 g/mol. The lowest BCUT2D eigenvalue weighted by Crippen LogP contribution is -2.46. The number of carbonyl (C=O) groups is 1. The Balaban J connectivity index is 1.75. The van der Waals surface area contributed by atoms with E-state index in [1.54, 1.807) is 19.1 Å². The number of hydrogen-bond donors (Lipinski definition) is 1. The van der Waals surface area contributed by atoms with Gasteiger partial charge in [-0.3, -0.25) is 4.90 Å². The molecule has 2 aromatic carbocycles. The topological polar surface area (TPSA) is 89.7 Å². The lowest BCUT2D eigenvalue weighted by molar-refractivity contribution is 0.202. The van der Waals surface area contributed by atoms with Crippen molar-refractivity contribution in [3.63, 3.8) is 0 Å². The van der Waals surface area contributed by atoms with E-state index in [2.05, 4.69) is 24.3 Å². The van der Waals surface area contributed by atoms with Gasteiger partial charge in [0.1, 0.15) is 11.5 Å². The fraction of sp³-hybridized carbons (Fsp3) is 0.346. The van der Waals surface area contributed by atoms with Crippen LogP contribution in [0.15, 0.2) is 58.8 Å². The number of benzene rings is 2. The maximum Gasteiger partial charge on any atom is 0.322 e. The summed E-state index contributed by atoms with van der Waals surface area (Å²) >= 11 is 0. The summed E-state index contributed by atoms with van der Waals surface area (Å²) in [6.07, 6.45) is 0.881. The summed E-state index contributed by atoms with van der Waals surface area (Å²) in [6, 6.07) is 14.5. The van der Waals surface area contributed by atoms with Gasteiger partial charge >= 0.3 is 6.03 Å². The quantitative estimate of drug-likeness (QED) is 0.489. The predicted octanol–water partition coefficient (Wildman–Crippen LogP) is 5.30. The second-order valence-electron chi connectivity index (χ2n) is 8.64. The molecule has 4 rings (SSSR count). The summed E-state index contributed by atoms with van der Waals surface area (Å²) in [7, 11) is 3.25. The van der Waals surface area contributed by atoms with Gasteiger partial charge in [0.25, 0.3) is 5.89 Å². The summed E-state index contributed by atoms with van der Waals surface area (Å²) in [5.41, 5.74) is 3.29. The Morgan fingerprint density at radius 2 is 1.65 bits per heavy atom. The molecule has 178 valence electrons. The number of amides is 2. The molecule has 0 aliphatic carbocycles. The van der Waals surface area contributed by atoms with Crippen LogP contribution in [0.5, 0.6) is 11.5 Å². The molecule has 0 spiro atoms. The monoisotopic (exact) mass is 462 g/mol. The number of nitrogens with zero attached hydrogens (tertiary/aromatic N) is 3. The fourth-order valence-corrected chi connectivity index (χ4v) is 3.95. The van der Waals surface area contributed by atoms with Gasteiger partial charge in [-0.15, -0.1) is 0 Å². The van der Waals surface area contributed by atoms with Crippen molar-refractivity contribution in [1.82, 2.24) is 20.4 Å². The van der Waals surface area contributed by atoms with Crippen LogP contribution in [-0.2, 0) is 0 Å². The SMILES string of the molecule is COc1ccc(-c2noc(C3=C(C)N(CCC(C)C)C(=O)NC3c3ccc(OC)cc3)n2)cc1. The van der Waals surface area contributed by atoms with E-state index in [4.69, 9.17) is 19.0 Å². The van der Waals surface area contributed by atoms with Crippen LogP contribution in [0.3, 0.4) is 0 Å². The standard InChI is InChI=1S/C26H30N4O4/c1-16(2)14-15-30-17(3)22(23(27-26(30)31)18-6-10-20(32-4)11-7-18)25-28-24(29-34-25)19-8-12-21(33-5)13-9-19/h6-13,16,23H,14-15H2,1-5H3,(H,27,31). The summed E-state index contributed by atoms with van der Waals surface area (Å²) in [6.45, 7) is 6.82. The molecule has 1 aliphatic rings. The van der Waals surface area contributed by atoms with E-state index in [-0.39, 0.29) is 6.03 Å². The van der Waals surface area contributed by atoms with E-state index in [9.17, 15) is 4.79 Å². The van der Waals surface area contributed by atoms with Crippen molar-refractivity contribution in [1.29, 1.82) is 0 Å². The van der Waals surface area contributed by atoms with Gasteiger partial charge in [-0.2, -0.15) is 4.98 Å². The Morgan fingerprint density at radius 3 is 2.24 bits per heavy atom. The fourth-order valence-electron chi connectivity index (χ4n) is 3.95. The van der Waals surface area contributed by atoms with E-state index in [0.717, 1.165) is 40.3 Å². The van der Waals surface area contributed by atoms with Gasteiger partial charge in [0.15, 0.2) is 0 Å². The van der Waals surface area contributed by atoms with Crippen LogP contribution in [0.4, 0.5) is 4.79 Å². The Bertz CT molecular complexity index is 1170. The highest BCUT2D eigenvalue weighted by molar-refractivity contribution is 5.86. The number of nitrogens with one attached hydrogen (secondary N) is 1. The van der Waals surface area contributed by atoms with Crippen LogP contribution in [0, 0.1) is 5.92 Å². The Kier molecular flexibility index (Phi) is 6.86. The highest BCUT2D eigenvalue weighted by Gasteiger charge is 2.35. The maximum absolute atomic E-state index is 13.1. The van der Waals surface area contributed by atoms with Gasteiger partial charge in [-0.1, -0.05) is 31.1 Å². The second kappa shape index (κ2) is 9.99. The molecule has 8 nitrogen and oxygen atoms in total. The highest BCUT2D eigenvalue weighted by Crippen LogP contribution is 2.38. The van der Waals surface area contributed by atoms with Gasteiger partial charge < -0.3 is 19.3 Å². The summed E-state index contributed by atoms with van der Waals surface area (Å²) in [5, 5.41) is 7.34. The number of ether oxygens (including phenoxy) is 2. The second-order valence-corrected chi connectivity index (χ2v) is 8.64. The minimum Gasteiger partial charge on any atom is -0.497 e. The minimum atomic E-state index is -0.433. The molecule has 0 saturated carbocycles. The first-order chi connectivity index (χ1) is 16.4. The zero-order valence-corrected chi connectivity index (χ0v) is 20.2. The van der Waals surface area contributed by atoms with Crippen molar-refractivity contribution in [2.45, 2.75) is 33.2 Å². The number of carbonyl (C=O) groups excluding carboxylic acids is 1. The van der Waals surface area contributed by atoms with Crippen LogP contribution in [-0.4, -0.2) is 41.8 Å². The Labute approximate surface area is 199 Å². The molecule has 1 aromatic heterocycles. The summed E-state index contributed by atoms with van der Waals surface area (Å²) in [4.78, 5) is 19.5. The first-order valence-corrected chi connectivity index (χ1v) is 11.3. The molecule has 1 aliphatic heterocycles. The van der Waals surface area contributed by atoms with Crippen LogP contribution in [0.1, 0.15) is 44.7 Å². The molecular formula is C26H30N4O4. The number of rotatable bonds is 8. The number of methoxy groups -OCH3 is 2. The lowest BCUT2D eigenvalue weighted by Gasteiger charge is -2.35. The van der Waals surface area contributed by atoms with Gasteiger partial charge in [0.2, 0.25) is 5.82 Å². The third-order valence-corrected chi connectivity index (χ3v) is 5.98. The predicted molar refractivity (Wildman–Crippen MR) is 129 cm³/mol. The van der Waals surface area contributed by atoms with Crippen molar-refractivity contribution in [2.24, 2.45) is 5.92 Å². The van der Waals surface area contributed by atoms with Crippen molar-refractivity contribution >= 4 is 11.6 Å². The number of hydrogen-bond acceptors (Lipinski definition) is 6. The Hall–Kier alpha value is -3.81. The van der Waals surface area contributed by atoms with E-state index >= 15 is 0 Å². The van der Waals surface area contributed by atoms with Crippen LogP contribution >= 0.6 is 0 Å². The summed E-state index contributed by atoms with van der Waals surface area (Å²) < 4.78 is 16.3. The molecule has 2 heterocycles. The van der Waals surface area contributed by atoms with Crippen LogP contribution in [0.2, 0.25) is 0 Å². The molecule has 34 heavy (non-hydrogen) atoms. The van der Waals surface area contributed by atoms with Crippen molar-refractivity contribution < 1.29 is 18.8 Å². The Morgan fingerprint density at radius 1 is 1.03 bits per heavy atom. The largest absolute Gasteiger partial charge is 0.497 e. The third kappa shape index (κ3) is 4.76. The molecule has 8 heteroatoms. The van der Waals surface area contributed by atoms with E-state index in [1.807, 2.05) is 55.5 Å². The molecule has 2 amide bonds. The number of aromatic nitrogens is 2. The van der Waals surface area contributed by atoms with Crippen molar-refractivity contribution in [3.05, 3.63) is 65.7 Å². The molecule has 1 N–H and O–H groups in total. The van der Waals surface area contributed by atoms with E-state index in [0.29, 0.717) is 24.2 Å². The smallest absolute Gasteiger partial charge is 0.322 e. The molecule has 0 radical (unpaired) electrons. The zero-order valence-electron chi connectivity index (χ0n) is 20.2. The van der Waals surface area contributed by atoms with Crippen molar-refractivity contribution in [2.75, 3.05) is 20.8 Å².